The van der Waals surface area contributed by atoms with Crippen LogP contribution < -0.4 is 19.7 Å². The summed E-state index contributed by atoms with van der Waals surface area (Å²) in [5.74, 6) is -0.180. The zero-order chi connectivity index (χ0) is 31.6. The highest BCUT2D eigenvalue weighted by Crippen LogP contribution is 2.42. The van der Waals surface area contributed by atoms with E-state index in [0.717, 1.165) is 16.8 Å². The first kappa shape index (κ1) is 34.8. The number of amidine groups is 1. The smallest absolute Gasteiger partial charge is 0.332 e. The van der Waals surface area contributed by atoms with Gasteiger partial charge in [-0.15, -0.1) is 17.0 Å². The molecule has 240 valence electrons. The van der Waals surface area contributed by atoms with Gasteiger partial charge in [0.15, 0.2) is 11.9 Å². The molecule has 2 aliphatic heterocycles. The Morgan fingerprint density at radius 3 is 2.48 bits per heavy atom. The Morgan fingerprint density at radius 2 is 1.89 bits per heavy atom. The second-order valence-corrected chi connectivity index (χ2v) is 11.9. The monoisotopic (exact) mass is 674 g/mol. The third kappa shape index (κ3) is 7.18. The van der Waals surface area contributed by atoms with Crippen LogP contribution in [-0.2, 0) is 21.5 Å². The number of hydrogen-bond donors (Lipinski definition) is 3. The van der Waals surface area contributed by atoms with Gasteiger partial charge in [-0.1, -0.05) is 20.8 Å². The molecule has 2 atom stereocenters. The minimum atomic E-state index is -1.01. The average Bonchev–Trinajstić information content (AvgIpc) is 3.54. The maximum absolute atomic E-state index is 13.8. The molecule has 2 unspecified atom stereocenters. The fraction of sp³-hybridized carbons (Fsp3) is 0.500. The summed E-state index contributed by atoms with van der Waals surface area (Å²) in [5.41, 5.74) is 3.54. The zero-order valence-electron chi connectivity index (χ0n) is 26.4. The number of amides is 1. The summed E-state index contributed by atoms with van der Waals surface area (Å²) in [5, 5.41) is 20.7. The van der Waals surface area contributed by atoms with Crippen molar-refractivity contribution in [2.45, 2.75) is 65.2 Å². The van der Waals surface area contributed by atoms with Crippen molar-refractivity contribution in [1.29, 1.82) is 5.41 Å². The van der Waals surface area contributed by atoms with Crippen molar-refractivity contribution in [3.05, 3.63) is 52.1 Å². The highest BCUT2D eigenvalue weighted by Gasteiger charge is 2.33. The molecule has 44 heavy (non-hydrogen) atoms. The van der Waals surface area contributed by atoms with Gasteiger partial charge in [0.25, 0.3) is 5.91 Å². The van der Waals surface area contributed by atoms with E-state index in [-0.39, 0.29) is 52.6 Å². The summed E-state index contributed by atoms with van der Waals surface area (Å²) in [6, 6.07) is 7.13. The molecule has 0 aliphatic carbocycles. The molecule has 2 aromatic rings. The Kier molecular flexibility index (Phi) is 11.1. The molecule has 0 spiro atoms. The van der Waals surface area contributed by atoms with Crippen LogP contribution in [0.4, 0.5) is 5.69 Å². The van der Waals surface area contributed by atoms with Crippen LogP contribution in [0.3, 0.4) is 0 Å². The van der Waals surface area contributed by atoms with Crippen LogP contribution in [0.25, 0.3) is 0 Å². The number of carboxylic acids is 1. The number of anilines is 1. The number of Topliss-reactive ketones (excluding diaryl/α,β-unsaturated/α-hetero) is 1. The number of nitrogens with zero attached hydrogens (tertiary/aromatic N) is 2. The molecule has 1 saturated heterocycles. The van der Waals surface area contributed by atoms with Crippen LogP contribution in [0.5, 0.6) is 11.5 Å². The first-order chi connectivity index (χ1) is 20.3. The van der Waals surface area contributed by atoms with E-state index in [4.69, 9.17) is 19.6 Å². The Hall–Kier alpha value is -3.64. The molecule has 0 radical (unpaired) electrons. The van der Waals surface area contributed by atoms with Crippen LogP contribution in [0.2, 0.25) is 0 Å². The average molecular weight is 676 g/mol. The highest BCUT2D eigenvalue weighted by molar-refractivity contribution is 8.93. The Morgan fingerprint density at radius 1 is 1.18 bits per heavy atom. The third-order valence-electron chi connectivity index (χ3n) is 7.88. The number of ketones is 1. The third-order valence-corrected chi connectivity index (χ3v) is 7.88. The molecule has 1 amide bonds. The van der Waals surface area contributed by atoms with Crippen molar-refractivity contribution in [1.82, 2.24) is 10.2 Å². The van der Waals surface area contributed by atoms with Crippen molar-refractivity contribution in [2.24, 2.45) is 0 Å². The lowest BCUT2D eigenvalue weighted by molar-refractivity contribution is -0.152. The van der Waals surface area contributed by atoms with Gasteiger partial charge in [-0.25, -0.2) is 4.79 Å². The van der Waals surface area contributed by atoms with Crippen molar-refractivity contribution in [2.75, 3.05) is 45.3 Å². The van der Waals surface area contributed by atoms with E-state index in [0.29, 0.717) is 60.9 Å². The number of halogens is 1. The van der Waals surface area contributed by atoms with Crippen molar-refractivity contribution >= 4 is 46.2 Å². The van der Waals surface area contributed by atoms with Gasteiger partial charge in [-0.05, 0) is 55.5 Å². The van der Waals surface area contributed by atoms with E-state index < -0.39 is 12.1 Å². The topological polar surface area (TPSA) is 141 Å². The Balaban J connectivity index is 0.00000529. The standard InChI is InChI=1S/C32H42N4O7.BrH/c1-8-42-27-13-20-15-36(29(33)22(20)14-23(27)30(38)34-6)17-26(37)19-11-24(32(3,4)5)28(41-7)25(12-19)35-10-9-21(16-35)43-18(2)31(39)40;/h11-14,18,21,33H,8-10,15-17H2,1-7H3,(H,34,38)(H,39,40);1H. The molecule has 12 heteroatoms. The number of rotatable bonds is 11. The second-order valence-electron chi connectivity index (χ2n) is 11.9. The number of aliphatic carboxylic acids is 1. The number of hydrogen-bond acceptors (Lipinski definition) is 8. The largest absolute Gasteiger partial charge is 0.494 e. The summed E-state index contributed by atoms with van der Waals surface area (Å²) in [7, 11) is 3.15. The molecule has 2 aromatic carbocycles. The van der Waals surface area contributed by atoms with Crippen LogP contribution in [0.15, 0.2) is 24.3 Å². The van der Waals surface area contributed by atoms with E-state index in [9.17, 15) is 19.5 Å². The number of methoxy groups -OCH3 is 1. The maximum Gasteiger partial charge on any atom is 0.332 e. The lowest BCUT2D eigenvalue weighted by atomic mass is 9.84. The molecule has 0 aromatic heterocycles. The summed E-state index contributed by atoms with van der Waals surface area (Å²) in [6.45, 7) is 11.3. The first-order valence-corrected chi connectivity index (χ1v) is 14.5. The predicted octanol–water partition coefficient (Wildman–Crippen LogP) is 4.42. The van der Waals surface area contributed by atoms with Gasteiger partial charge in [0.2, 0.25) is 0 Å². The number of carbonyl (C=O) groups is 3. The predicted molar refractivity (Wildman–Crippen MR) is 173 cm³/mol. The highest BCUT2D eigenvalue weighted by atomic mass is 79.9. The van der Waals surface area contributed by atoms with E-state index in [1.54, 1.807) is 31.2 Å². The fourth-order valence-electron chi connectivity index (χ4n) is 5.60. The van der Waals surface area contributed by atoms with Crippen LogP contribution >= 0.6 is 17.0 Å². The number of carbonyl (C=O) groups excluding carboxylic acids is 2. The van der Waals surface area contributed by atoms with Gasteiger partial charge < -0.3 is 34.4 Å². The minimum Gasteiger partial charge on any atom is -0.494 e. The molecule has 2 heterocycles. The molecule has 1 fully saturated rings. The molecule has 4 rings (SSSR count). The molecule has 0 bridgehead atoms. The van der Waals surface area contributed by atoms with E-state index in [2.05, 4.69) is 31.0 Å². The van der Waals surface area contributed by atoms with Gasteiger partial charge >= 0.3 is 5.97 Å². The van der Waals surface area contributed by atoms with Crippen LogP contribution in [0.1, 0.15) is 78.4 Å². The molecular formula is C32H43BrN4O7. The lowest BCUT2D eigenvalue weighted by Crippen LogP contribution is -2.31. The van der Waals surface area contributed by atoms with Gasteiger partial charge in [0.1, 0.15) is 17.3 Å². The molecule has 11 nitrogen and oxygen atoms in total. The fourth-order valence-corrected chi connectivity index (χ4v) is 5.60. The molecule has 0 saturated carbocycles. The van der Waals surface area contributed by atoms with Crippen molar-refractivity contribution in [3.63, 3.8) is 0 Å². The van der Waals surface area contributed by atoms with E-state index in [1.165, 1.54) is 6.92 Å². The number of ether oxygens (including phenoxy) is 3. The number of fused-ring (bicyclic) bond motifs is 1. The van der Waals surface area contributed by atoms with Gasteiger partial charge in [-0.2, -0.15) is 0 Å². The summed E-state index contributed by atoms with van der Waals surface area (Å²) < 4.78 is 17.3. The van der Waals surface area contributed by atoms with E-state index >= 15 is 0 Å². The number of carboxylic acid groups (broad SMARTS) is 1. The molecule has 3 N–H and O–H groups in total. The lowest BCUT2D eigenvalue weighted by Gasteiger charge is -2.29. The number of benzene rings is 2. The SMILES string of the molecule is Br.CCOc1cc2c(cc1C(=O)NC)C(=N)N(CC(=O)c1cc(N3CCC(OC(C)C(=O)O)C3)c(OC)c(C(C)(C)C)c1)C2. The normalized spacial score (nSPS) is 16.7. The first-order valence-electron chi connectivity index (χ1n) is 14.5. The minimum absolute atomic E-state index is 0. The van der Waals surface area contributed by atoms with Crippen molar-refractivity contribution < 1.29 is 33.7 Å². The van der Waals surface area contributed by atoms with E-state index in [1.807, 2.05) is 19.1 Å². The molecule has 2 aliphatic rings. The zero-order valence-corrected chi connectivity index (χ0v) is 28.1. The molecular weight excluding hydrogens is 632 g/mol. The van der Waals surface area contributed by atoms with Crippen molar-refractivity contribution in [3.8, 4) is 11.5 Å². The second kappa shape index (κ2) is 14.0. The van der Waals surface area contributed by atoms with Crippen LogP contribution in [-0.4, -0.2) is 86.1 Å². The summed E-state index contributed by atoms with van der Waals surface area (Å²) in [4.78, 5) is 41.4. The van der Waals surface area contributed by atoms with Gasteiger partial charge in [0.05, 0.1) is 37.6 Å². The summed E-state index contributed by atoms with van der Waals surface area (Å²) in [6.07, 6.45) is -0.533. The van der Waals surface area contributed by atoms with Gasteiger partial charge in [-0.3, -0.25) is 15.0 Å². The Bertz CT molecular complexity index is 1440. The maximum atomic E-state index is 13.8. The quantitative estimate of drug-likeness (QED) is 0.295. The van der Waals surface area contributed by atoms with Gasteiger partial charge in [0, 0.05) is 43.4 Å². The number of nitrogens with one attached hydrogen (secondary N) is 2. The Labute approximate surface area is 269 Å². The summed E-state index contributed by atoms with van der Waals surface area (Å²) >= 11 is 0. The van der Waals surface area contributed by atoms with Crippen LogP contribution in [0, 0.1) is 5.41 Å².